The number of nitrogens with zero attached hydrogens (tertiary/aromatic N) is 3. The predicted molar refractivity (Wildman–Crippen MR) is 135 cm³/mol. The Morgan fingerprint density at radius 1 is 1.11 bits per heavy atom. The average molecular weight is 473 g/mol. The summed E-state index contributed by atoms with van der Waals surface area (Å²) in [4.78, 5) is 27.5. The summed E-state index contributed by atoms with van der Waals surface area (Å²) in [6.07, 6.45) is 7.41. The molecule has 5 rings (SSSR count). The number of pyridine rings is 2. The molecular weight excluding hydrogens is 443 g/mol. The number of halogens is 1. The van der Waals surface area contributed by atoms with Crippen LogP contribution in [0.3, 0.4) is 0 Å². The zero-order valence-electron chi connectivity index (χ0n) is 19.8. The van der Waals surface area contributed by atoms with Crippen LogP contribution in [-0.2, 0) is 4.74 Å². The molecule has 1 fully saturated rings. The molecule has 0 saturated carbocycles. The molecule has 1 N–H and O–H groups in total. The Kier molecular flexibility index (Phi) is 6.86. The number of fused-ring (bicyclic) bond motifs is 1. The third kappa shape index (κ3) is 5.25. The van der Waals surface area contributed by atoms with E-state index in [-0.39, 0.29) is 17.5 Å². The minimum atomic E-state index is -0.224. The van der Waals surface area contributed by atoms with Crippen molar-refractivity contribution < 1.29 is 13.9 Å². The molecule has 6 nitrogen and oxygen atoms in total. The van der Waals surface area contributed by atoms with Crippen molar-refractivity contribution in [1.29, 1.82) is 0 Å². The molecule has 0 spiro atoms. The first kappa shape index (κ1) is 23.2. The minimum absolute atomic E-state index is 0.0856. The highest BCUT2D eigenvalue weighted by atomic mass is 19.1. The lowest BCUT2D eigenvalue weighted by Gasteiger charge is -2.27. The lowest BCUT2D eigenvalue weighted by atomic mass is 9.94. The number of hydrogen-bond donors (Lipinski definition) is 1. The maximum absolute atomic E-state index is 13.5. The molecule has 0 bridgehead atoms. The molecule has 0 amide bonds. The van der Waals surface area contributed by atoms with Gasteiger partial charge in [0.05, 0.1) is 13.2 Å². The van der Waals surface area contributed by atoms with Crippen molar-refractivity contribution in [3.8, 4) is 11.1 Å². The van der Waals surface area contributed by atoms with E-state index in [1.807, 2.05) is 30.5 Å². The largest absolute Gasteiger partial charge is 0.378 e. The van der Waals surface area contributed by atoms with Gasteiger partial charge in [-0.3, -0.25) is 4.79 Å². The third-order valence-corrected chi connectivity index (χ3v) is 6.71. The summed E-state index contributed by atoms with van der Waals surface area (Å²) >= 11 is 0. The quantitative estimate of drug-likeness (QED) is 0.330. The summed E-state index contributed by atoms with van der Waals surface area (Å²) < 4.78 is 18.9. The normalized spacial score (nSPS) is 14.9. The Hall–Kier alpha value is -3.58. The maximum atomic E-state index is 13.5. The van der Waals surface area contributed by atoms with Gasteiger partial charge in [0.25, 0.3) is 0 Å². The van der Waals surface area contributed by atoms with E-state index >= 15 is 0 Å². The molecule has 4 aromatic rings. The van der Waals surface area contributed by atoms with Gasteiger partial charge in [0.15, 0.2) is 5.78 Å². The van der Waals surface area contributed by atoms with Gasteiger partial charge in [-0.15, -0.1) is 0 Å². The highest BCUT2D eigenvalue weighted by molar-refractivity contribution is 6.07. The fourth-order valence-corrected chi connectivity index (χ4v) is 4.61. The summed E-state index contributed by atoms with van der Waals surface area (Å²) in [6, 6.07) is 12.8. The number of hydrogen-bond acceptors (Lipinski definition) is 5. The van der Waals surface area contributed by atoms with Crippen molar-refractivity contribution in [2.45, 2.75) is 32.1 Å². The average Bonchev–Trinajstić information content (AvgIpc) is 3.33. The number of aromatic nitrogens is 3. The number of nitrogens with one attached hydrogen (secondary N) is 1. The Morgan fingerprint density at radius 2 is 1.94 bits per heavy atom. The number of H-pyrrole nitrogens is 1. The molecule has 1 saturated heterocycles. The number of Topliss-reactive ketones (excluding diaryl/α,β-unsaturated/α-hetero) is 1. The van der Waals surface area contributed by atoms with Gasteiger partial charge in [-0.1, -0.05) is 19.1 Å². The van der Waals surface area contributed by atoms with Crippen molar-refractivity contribution in [2.24, 2.45) is 0 Å². The summed E-state index contributed by atoms with van der Waals surface area (Å²) in [6.45, 7) is 5.20. The van der Waals surface area contributed by atoms with Crippen LogP contribution in [0.5, 0.6) is 0 Å². The Morgan fingerprint density at radius 3 is 2.71 bits per heavy atom. The monoisotopic (exact) mass is 472 g/mol. The first-order chi connectivity index (χ1) is 17.1. The molecule has 0 unspecified atom stereocenters. The number of ether oxygens (including phenoxy) is 1. The number of rotatable bonds is 8. The molecule has 1 aliphatic rings. The van der Waals surface area contributed by atoms with Gasteiger partial charge in [0.2, 0.25) is 0 Å². The minimum Gasteiger partial charge on any atom is -0.378 e. The molecule has 0 radical (unpaired) electrons. The molecule has 1 aliphatic heterocycles. The summed E-state index contributed by atoms with van der Waals surface area (Å²) in [7, 11) is 0. The smallest absolute Gasteiger partial charge is 0.165 e. The Labute approximate surface area is 204 Å². The summed E-state index contributed by atoms with van der Waals surface area (Å²) in [5, 5.41) is 0.822. The van der Waals surface area contributed by atoms with Crippen molar-refractivity contribution in [3.63, 3.8) is 0 Å². The van der Waals surface area contributed by atoms with E-state index in [9.17, 15) is 9.18 Å². The topological polar surface area (TPSA) is 71.1 Å². The molecule has 0 aliphatic carbocycles. The lowest BCUT2D eigenvalue weighted by Crippen LogP contribution is -2.36. The maximum Gasteiger partial charge on any atom is 0.165 e. The zero-order chi connectivity index (χ0) is 24.2. The second-order valence-electron chi connectivity index (χ2n) is 9.10. The van der Waals surface area contributed by atoms with E-state index in [1.54, 1.807) is 24.5 Å². The van der Waals surface area contributed by atoms with Crippen LogP contribution in [0, 0.1) is 5.82 Å². The summed E-state index contributed by atoms with van der Waals surface area (Å²) in [5.74, 6) is 1.000. The van der Waals surface area contributed by atoms with Gasteiger partial charge in [0, 0.05) is 60.2 Å². The first-order valence-corrected chi connectivity index (χ1v) is 12.1. The fourth-order valence-electron chi connectivity index (χ4n) is 4.61. The first-order valence-electron chi connectivity index (χ1n) is 12.1. The van der Waals surface area contributed by atoms with E-state index in [2.05, 4.69) is 26.8 Å². The number of carbonyl (C=O) groups excluding carboxylic acids is 1. The highest BCUT2D eigenvalue weighted by Crippen LogP contribution is 2.28. The molecule has 3 aromatic heterocycles. The number of ketones is 1. The molecule has 4 heterocycles. The second kappa shape index (κ2) is 10.4. The van der Waals surface area contributed by atoms with E-state index in [1.165, 1.54) is 6.07 Å². The van der Waals surface area contributed by atoms with Crippen LogP contribution >= 0.6 is 0 Å². The van der Waals surface area contributed by atoms with Crippen molar-refractivity contribution in [2.75, 3.05) is 31.2 Å². The van der Waals surface area contributed by atoms with E-state index in [0.29, 0.717) is 17.6 Å². The van der Waals surface area contributed by atoms with Crippen molar-refractivity contribution >= 4 is 22.6 Å². The van der Waals surface area contributed by atoms with Gasteiger partial charge < -0.3 is 14.6 Å². The van der Waals surface area contributed by atoms with Crippen LogP contribution in [-0.4, -0.2) is 47.0 Å². The Balaban J connectivity index is 1.26. The number of benzene rings is 1. The lowest BCUT2D eigenvalue weighted by molar-refractivity contribution is 0.0980. The van der Waals surface area contributed by atoms with Gasteiger partial charge in [0.1, 0.15) is 17.3 Å². The van der Waals surface area contributed by atoms with Crippen LogP contribution < -0.4 is 4.90 Å². The van der Waals surface area contributed by atoms with Gasteiger partial charge in [-0.05, 0) is 54.7 Å². The third-order valence-electron chi connectivity index (χ3n) is 6.71. The number of aromatic amines is 1. The molecule has 1 aromatic carbocycles. The van der Waals surface area contributed by atoms with Crippen molar-refractivity contribution in [1.82, 2.24) is 15.0 Å². The second-order valence-corrected chi connectivity index (χ2v) is 9.10. The van der Waals surface area contributed by atoms with Crippen LogP contribution in [0.25, 0.3) is 22.2 Å². The SMILES string of the molecule is C[C@H](CCCC(=O)c1c[nH]c2ncc(-c3ccc(N4CCOCC4)nc3)cc12)c1cccc(F)c1. The zero-order valence-corrected chi connectivity index (χ0v) is 19.8. The van der Waals surface area contributed by atoms with E-state index in [0.717, 1.165) is 67.0 Å². The van der Waals surface area contributed by atoms with E-state index in [4.69, 9.17) is 4.74 Å². The molecular formula is C28H29FN4O2. The predicted octanol–water partition coefficient (Wildman–Crippen LogP) is 5.76. The molecule has 180 valence electrons. The number of carbonyl (C=O) groups is 1. The fraction of sp³-hybridized carbons (Fsp3) is 0.321. The van der Waals surface area contributed by atoms with Crippen molar-refractivity contribution in [3.05, 3.63) is 78.0 Å². The van der Waals surface area contributed by atoms with Crippen LogP contribution in [0.1, 0.15) is 48.0 Å². The van der Waals surface area contributed by atoms with Crippen LogP contribution in [0.15, 0.2) is 61.1 Å². The molecule has 7 heteroatoms. The van der Waals surface area contributed by atoms with E-state index < -0.39 is 0 Å². The highest BCUT2D eigenvalue weighted by Gasteiger charge is 2.16. The summed E-state index contributed by atoms with van der Waals surface area (Å²) in [5.41, 5.74) is 4.20. The number of anilines is 1. The number of morpholine rings is 1. The van der Waals surface area contributed by atoms with Gasteiger partial charge in [-0.25, -0.2) is 14.4 Å². The van der Waals surface area contributed by atoms with Crippen LogP contribution in [0.4, 0.5) is 10.2 Å². The molecule has 35 heavy (non-hydrogen) atoms. The Bertz CT molecular complexity index is 1310. The standard InChI is InChI=1S/C28H29FN4O2/c1-19(20-5-3-6-23(29)14-20)4-2-7-26(34)25-18-32-28-24(25)15-22(17-31-28)21-8-9-27(30-16-21)33-10-12-35-13-11-33/h3,5-6,8-9,14-19H,2,4,7,10-13H2,1H3,(H,31,32)/t19-/m1/s1. The van der Waals surface area contributed by atoms with Gasteiger partial charge in [-0.2, -0.15) is 0 Å². The van der Waals surface area contributed by atoms with Gasteiger partial charge >= 0.3 is 0 Å². The van der Waals surface area contributed by atoms with Crippen LogP contribution in [0.2, 0.25) is 0 Å². The molecule has 1 atom stereocenters.